The van der Waals surface area contributed by atoms with E-state index in [1.807, 2.05) is 16.7 Å². The summed E-state index contributed by atoms with van der Waals surface area (Å²) in [5.41, 5.74) is -0.223. The smallest absolute Gasteiger partial charge is 0.320 e. The molecule has 2 amide bonds. The quantitative estimate of drug-likeness (QED) is 0.665. The minimum absolute atomic E-state index is 0.129. The standard InChI is InChI=1S/C14H26N2O2/c1-12-10-16(11-14(2,3)18-12)13(17)15-8-6-4-5-7-9-15/h12H,4-11H2,1-3H3. The van der Waals surface area contributed by atoms with E-state index in [2.05, 4.69) is 13.8 Å². The van der Waals surface area contributed by atoms with E-state index in [-0.39, 0.29) is 17.7 Å². The molecule has 2 saturated heterocycles. The van der Waals surface area contributed by atoms with E-state index in [0.717, 1.165) is 32.5 Å². The minimum atomic E-state index is -0.223. The van der Waals surface area contributed by atoms with E-state index >= 15 is 0 Å². The van der Waals surface area contributed by atoms with Gasteiger partial charge in [-0.05, 0) is 33.6 Å². The predicted molar refractivity (Wildman–Crippen MR) is 71.6 cm³/mol. The fraction of sp³-hybridized carbons (Fsp3) is 0.929. The van der Waals surface area contributed by atoms with Gasteiger partial charge in [0.25, 0.3) is 0 Å². The van der Waals surface area contributed by atoms with Crippen LogP contribution in [0.5, 0.6) is 0 Å². The Balaban J connectivity index is 1.98. The maximum Gasteiger partial charge on any atom is 0.320 e. The van der Waals surface area contributed by atoms with Crippen LogP contribution in [-0.4, -0.2) is 53.7 Å². The van der Waals surface area contributed by atoms with Crippen molar-refractivity contribution in [3.8, 4) is 0 Å². The Morgan fingerprint density at radius 2 is 1.72 bits per heavy atom. The molecular formula is C14H26N2O2. The van der Waals surface area contributed by atoms with Crippen LogP contribution < -0.4 is 0 Å². The van der Waals surface area contributed by atoms with Gasteiger partial charge in [0.05, 0.1) is 18.2 Å². The van der Waals surface area contributed by atoms with Gasteiger partial charge >= 0.3 is 6.03 Å². The Morgan fingerprint density at radius 1 is 1.11 bits per heavy atom. The first kappa shape index (κ1) is 13.7. The second-order valence-corrected chi connectivity index (χ2v) is 6.25. The monoisotopic (exact) mass is 254 g/mol. The second kappa shape index (κ2) is 5.47. The summed E-state index contributed by atoms with van der Waals surface area (Å²) in [7, 11) is 0. The number of amides is 2. The number of carbonyl (C=O) groups is 1. The highest BCUT2D eigenvalue weighted by Crippen LogP contribution is 2.22. The fourth-order valence-corrected chi connectivity index (χ4v) is 3.06. The van der Waals surface area contributed by atoms with Crippen LogP contribution in [0.25, 0.3) is 0 Å². The molecule has 0 bridgehead atoms. The number of urea groups is 1. The molecule has 0 aliphatic carbocycles. The molecule has 4 nitrogen and oxygen atoms in total. The third kappa shape index (κ3) is 3.37. The molecule has 0 saturated carbocycles. The van der Waals surface area contributed by atoms with Gasteiger partial charge in [0.2, 0.25) is 0 Å². The van der Waals surface area contributed by atoms with Gasteiger partial charge in [-0.2, -0.15) is 0 Å². The molecular weight excluding hydrogens is 228 g/mol. The number of ether oxygens (including phenoxy) is 1. The maximum atomic E-state index is 12.5. The van der Waals surface area contributed by atoms with Gasteiger partial charge in [-0.25, -0.2) is 4.79 Å². The first-order valence-corrected chi connectivity index (χ1v) is 7.20. The van der Waals surface area contributed by atoms with Gasteiger partial charge in [-0.15, -0.1) is 0 Å². The van der Waals surface area contributed by atoms with Gasteiger partial charge in [0.1, 0.15) is 0 Å². The number of rotatable bonds is 0. The number of likely N-dealkylation sites (tertiary alicyclic amines) is 1. The summed E-state index contributed by atoms with van der Waals surface area (Å²) in [6, 6.07) is 0.208. The van der Waals surface area contributed by atoms with Crippen molar-refractivity contribution in [3.05, 3.63) is 0 Å². The van der Waals surface area contributed by atoms with Gasteiger partial charge in [-0.3, -0.25) is 0 Å². The molecule has 2 heterocycles. The van der Waals surface area contributed by atoms with Crippen LogP contribution in [-0.2, 0) is 4.74 Å². The van der Waals surface area contributed by atoms with Crippen LogP contribution in [0.1, 0.15) is 46.5 Å². The number of morpholine rings is 1. The van der Waals surface area contributed by atoms with Crippen molar-refractivity contribution in [2.24, 2.45) is 0 Å². The molecule has 2 fully saturated rings. The van der Waals surface area contributed by atoms with Crippen LogP contribution in [0.15, 0.2) is 0 Å². The molecule has 2 rings (SSSR count). The maximum absolute atomic E-state index is 12.5. The first-order valence-electron chi connectivity index (χ1n) is 7.20. The third-order valence-corrected chi connectivity index (χ3v) is 3.72. The van der Waals surface area contributed by atoms with Crippen LogP contribution in [0.4, 0.5) is 4.79 Å². The molecule has 0 aromatic carbocycles. The zero-order valence-electron chi connectivity index (χ0n) is 11.9. The molecule has 1 unspecified atom stereocenters. The number of hydrogen-bond donors (Lipinski definition) is 0. The van der Waals surface area contributed by atoms with Crippen LogP contribution in [0.2, 0.25) is 0 Å². The van der Waals surface area contributed by atoms with Gasteiger partial charge in [0, 0.05) is 19.6 Å². The summed E-state index contributed by atoms with van der Waals surface area (Å²) in [4.78, 5) is 16.5. The molecule has 0 N–H and O–H groups in total. The Labute approximate surface area is 110 Å². The van der Waals surface area contributed by atoms with Crippen LogP contribution in [0, 0.1) is 0 Å². The summed E-state index contributed by atoms with van der Waals surface area (Å²) in [5.74, 6) is 0. The lowest BCUT2D eigenvalue weighted by atomic mass is 10.1. The fourth-order valence-electron chi connectivity index (χ4n) is 3.06. The molecule has 18 heavy (non-hydrogen) atoms. The van der Waals surface area contributed by atoms with E-state index in [4.69, 9.17) is 4.74 Å². The molecule has 104 valence electrons. The molecule has 2 aliphatic heterocycles. The van der Waals surface area contributed by atoms with E-state index in [9.17, 15) is 4.79 Å². The van der Waals surface area contributed by atoms with Crippen molar-refractivity contribution in [1.29, 1.82) is 0 Å². The van der Waals surface area contributed by atoms with Gasteiger partial charge < -0.3 is 14.5 Å². The summed E-state index contributed by atoms with van der Waals surface area (Å²) in [5, 5.41) is 0. The molecule has 2 aliphatic rings. The Hall–Kier alpha value is -0.770. The number of hydrogen-bond acceptors (Lipinski definition) is 2. The van der Waals surface area contributed by atoms with Crippen LogP contribution in [0.3, 0.4) is 0 Å². The van der Waals surface area contributed by atoms with Crippen LogP contribution >= 0.6 is 0 Å². The second-order valence-electron chi connectivity index (χ2n) is 6.25. The van der Waals surface area contributed by atoms with Crippen molar-refractivity contribution >= 4 is 6.03 Å². The highest BCUT2D eigenvalue weighted by Gasteiger charge is 2.35. The Morgan fingerprint density at radius 3 is 2.28 bits per heavy atom. The van der Waals surface area contributed by atoms with E-state index in [1.165, 1.54) is 12.8 Å². The summed E-state index contributed by atoms with van der Waals surface area (Å²) in [6.45, 7) is 9.43. The third-order valence-electron chi connectivity index (χ3n) is 3.72. The molecule has 0 radical (unpaired) electrons. The lowest BCUT2D eigenvalue weighted by molar-refractivity contribution is -0.119. The van der Waals surface area contributed by atoms with Crippen molar-refractivity contribution in [1.82, 2.24) is 9.80 Å². The van der Waals surface area contributed by atoms with E-state index in [1.54, 1.807) is 0 Å². The zero-order chi connectivity index (χ0) is 13.2. The lowest BCUT2D eigenvalue weighted by Gasteiger charge is -2.43. The van der Waals surface area contributed by atoms with Gasteiger partial charge in [-0.1, -0.05) is 12.8 Å². The normalized spacial score (nSPS) is 28.9. The highest BCUT2D eigenvalue weighted by molar-refractivity contribution is 5.74. The lowest BCUT2D eigenvalue weighted by Crippen LogP contribution is -2.57. The first-order chi connectivity index (χ1) is 8.48. The topological polar surface area (TPSA) is 32.8 Å². The molecule has 0 aromatic heterocycles. The minimum Gasteiger partial charge on any atom is -0.369 e. The average Bonchev–Trinajstić information content (AvgIpc) is 2.53. The molecule has 0 spiro atoms. The average molecular weight is 254 g/mol. The summed E-state index contributed by atoms with van der Waals surface area (Å²) in [6.07, 6.45) is 4.94. The van der Waals surface area contributed by atoms with E-state index < -0.39 is 0 Å². The van der Waals surface area contributed by atoms with E-state index in [0.29, 0.717) is 6.54 Å². The number of nitrogens with zero attached hydrogens (tertiary/aromatic N) is 2. The highest BCUT2D eigenvalue weighted by atomic mass is 16.5. The SMILES string of the molecule is CC1CN(C(=O)N2CCCCCC2)CC(C)(C)O1. The summed E-state index contributed by atoms with van der Waals surface area (Å²) >= 11 is 0. The van der Waals surface area contributed by atoms with Gasteiger partial charge in [0.15, 0.2) is 0 Å². The van der Waals surface area contributed by atoms with Crippen molar-refractivity contribution in [2.75, 3.05) is 26.2 Å². The zero-order valence-corrected chi connectivity index (χ0v) is 11.9. The predicted octanol–water partition coefficient (Wildman–Crippen LogP) is 2.48. The van der Waals surface area contributed by atoms with Crippen molar-refractivity contribution in [2.45, 2.75) is 58.2 Å². The van der Waals surface area contributed by atoms with Crippen molar-refractivity contribution in [3.63, 3.8) is 0 Å². The largest absolute Gasteiger partial charge is 0.369 e. The molecule has 0 aromatic rings. The summed E-state index contributed by atoms with van der Waals surface area (Å²) < 4.78 is 5.85. The Kier molecular flexibility index (Phi) is 4.15. The Bertz CT molecular complexity index is 296. The van der Waals surface area contributed by atoms with Crippen molar-refractivity contribution < 1.29 is 9.53 Å². The molecule has 4 heteroatoms. The number of carbonyl (C=O) groups excluding carboxylic acids is 1. The molecule has 1 atom stereocenters.